The zero-order valence-corrected chi connectivity index (χ0v) is 17.4. The van der Waals surface area contributed by atoms with Gasteiger partial charge in [-0.1, -0.05) is 0 Å². The lowest BCUT2D eigenvalue weighted by Crippen LogP contribution is -2.41. The maximum atomic E-state index is 5.67. The number of H-pyrrole nitrogens is 1. The van der Waals surface area contributed by atoms with Crippen LogP contribution >= 0.6 is 12.2 Å². The number of benzene rings is 2. The maximum absolute atomic E-state index is 5.67. The quantitative estimate of drug-likeness (QED) is 0.627. The molecule has 0 amide bonds. The molecular weight excluding hydrogens is 368 g/mol. The first-order valence-corrected chi connectivity index (χ1v) is 10.1. The first kappa shape index (κ1) is 18.7. The lowest BCUT2D eigenvalue weighted by atomic mass is 9.98. The molecule has 5 nitrogen and oxygen atoms in total. The Balaban J connectivity index is 1.47. The zero-order chi connectivity index (χ0) is 19.7. The highest BCUT2D eigenvalue weighted by Crippen LogP contribution is 2.28. The van der Waals surface area contributed by atoms with Crippen molar-refractivity contribution in [2.75, 3.05) is 25.5 Å². The van der Waals surface area contributed by atoms with Gasteiger partial charge in [0, 0.05) is 24.7 Å². The van der Waals surface area contributed by atoms with Crippen molar-refractivity contribution in [3.8, 4) is 5.75 Å². The van der Waals surface area contributed by atoms with Gasteiger partial charge in [0.1, 0.15) is 11.6 Å². The van der Waals surface area contributed by atoms with E-state index in [2.05, 4.69) is 41.2 Å². The minimum atomic E-state index is 0.359. The molecule has 28 heavy (non-hydrogen) atoms. The van der Waals surface area contributed by atoms with E-state index in [9.17, 15) is 0 Å². The van der Waals surface area contributed by atoms with Gasteiger partial charge in [-0.15, -0.1) is 0 Å². The fourth-order valence-electron chi connectivity index (χ4n) is 3.74. The average molecular weight is 395 g/mol. The number of piperidine rings is 1. The topological polar surface area (TPSA) is 53.2 Å². The number of hydrogen-bond donors (Lipinski definition) is 2. The van der Waals surface area contributed by atoms with Crippen molar-refractivity contribution < 1.29 is 4.74 Å². The van der Waals surface area contributed by atoms with Gasteiger partial charge in [-0.3, -0.25) is 0 Å². The van der Waals surface area contributed by atoms with Crippen LogP contribution in [0.15, 0.2) is 36.4 Å². The van der Waals surface area contributed by atoms with Gasteiger partial charge < -0.3 is 19.9 Å². The number of hydrogen-bond acceptors (Lipinski definition) is 3. The van der Waals surface area contributed by atoms with E-state index in [0.29, 0.717) is 5.92 Å². The number of rotatable bonds is 3. The Morgan fingerprint density at radius 1 is 1.21 bits per heavy atom. The number of anilines is 1. The van der Waals surface area contributed by atoms with E-state index in [-0.39, 0.29) is 0 Å². The minimum absolute atomic E-state index is 0.359. The minimum Gasteiger partial charge on any atom is -0.497 e. The highest BCUT2D eigenvalue weighted by molar-refractivity contribution is 7.80. The van der Waals surface area contributed by atoms with E-state index in [4.69, 9.17) is 21.9 Å². The van der Waals surface area contributed by atoms with Gasteiger partial charge in [-0.25, -0.2) is 4.98 Å². The Labute approximate surface area is 171 Å². The molecule has 2 aromatic carbocycles. The highest BCUT2D eigenvalue weighted by Gasteiger charge is 2.25. The maximum Gasteiger partial charge on any atom is 0.173 e. The predicted molar refractivity (Wildman–Crippen MR) is 118 cm³/mol. The van der Waals surface area contributed by atoms with Crippen LogP contribution in [0.5, 0.6) is 5.75 Å². The summed E-state index contributed by atoms with van der Waals surface area (Å²) in [6, 6.07) is 12.2. The number of nitrogens with one attached hydrogen (secondary N) is 2. The van der Waals surface area contributed by atoms with E-state index in [1.807, 2.05) is 24.3 Å². The first-order chi connectivity index (χ1) is 13.5. The molecule has 1 aliphatic rings. The lowest BCUT2D eigenvalue weighted by molar-refractivity contribution is 0.307. The molecule has 6 heteroatoms. The van der Waals surface area contributed by atoms with Gasteiger partial charge in [0.05, 0.1) is 18.1 Å². The molecule has 2 N–H and O–H groups in total. The summed E-state index contributed by atoms with van der Waals surface area (Å²) in [5.41, 5.74) is 5.71. The third-order valence-corrected chi connectivity index (χ3v) is 5.91. The third-order valence-electron chi connectivity index (χ3n) is 5.55. The number of likely N-dealkylation sites (tertiary alicyclic amines) is 1. The Bertz CT molecular complexity index is 957. The molecule has 1 atom stereocenters. The highest BCUT2D eigenvalue weighted by atomic mass is 32.1. The van der Waals surface area contributed by atoms with Crippen molar-refractivity contribution in [2.24, 2.45) is 0 Å². The van der Waals surface area contributed by atoms with Crippen LogP contribution in [0.25, 0.3) is 11.0 Å². The molecule has 1 saturated heterocycles. The van der Waals surface area contributed by atoms with Crippen molar-refractivity contribution in [1.29, 1.82) is 0 Å². The molecule has 1 aliphatic heterocycles. The van der Waals surface area contributed by atoms with Crippen LogP contribution in [0.2, 0.25) is 0 Å². The summed E-state index contributed by atoms with van der Waals surface area (Å²) in [7, 11) is 1.67. The number of aromatic amines is 1. The van der Waals surface area contributed by atoms with Crippen molar-refractivity contribution in [1.82, 2.24) is 14.9 Å². The van der Waals surface area contributed by atoms with Crippen LogP contribution < -0.4 is 10.1 Å². The molecule has 0 bridgehead atoms. The summed E-state index contributed by atoms with van der Waals surface area (Å²) in [5.74, 6) is 2.26. The monoisotopic (exact) mass is 394 g/mol. The van der Waals surface area contributed by atoms with Crippen LogP contribution in [0.3, 0.4) is 0 Å². The number of aromatic nitrogens is 2. The molecule has 3 aromatic rings. The number of nitrogens with zero attached hydrogens (tertiary/aromatic N) is 2. The molecule has 4 rings (SSSR count). The van der Waals surface area contributed by atoms with Crippen LogP contribution in [0.4, 0.5) is 5.69 Å². The largest absolute Gasteiger partial charge is 0.497 e. The van der Waals surface area contributed by atoms with E-state index in [1.54, 1.807) is 7.11 Å². The van der Waals surface area contributed by atoms with Gasteiger partial charge in [0.2, 0.25) is 0 Å². The Morgan fingerprint density at radius 3 is 2.71 bits per heavy atom. The number of methoxy groups -OCH3 is 1. The van der Waals surface area contributed by atoms with Crippen LogP contribution in [-0.4, -0.2) is 40.2 Å². The fourth-order valence-corrected chi connectivity index (χ4v) is 4.03. The molecule has 146 valence electrons. The molecule has 0 unspecified atom stereocenters. The number of ether oxygens (including phenoxy) is 1. The van der Waals surface area contributed by atoms with Crippen molar-refractivity contribution in [3.05, 3.63) is 53.3 Å². The van der Waals surface area contributed by atoms with Gasteiger partial charge in [0.25, 0.3) is 0 Å². The Hall–Kier alpha value is -2.60. The molecule has 0 aliphatic carbocycles. The summed E-state index contributed by atoms with van der Waals surface area (Å²) in [5, 5.41) is 4.11. The average Bonchev–Trinajstić information content (AvgIpc) is 3.11. The van der Waals surface area contributed by atoms with Gasteiger partial charge >= 0.3 is 0 Å². The van der Waals surface area contributed by atoms with Gasteiger partial charge in [0.15, 0.2) is 5.11 Å². The smallest absolute Gasteiger partial charge is 0.173 e. The lowest BCUT2D eigenvalue weighted by Gasteiger charge is -2.33. The summed E-state index contributed by atoms with van der Waals surface area (Å²) < 4.78 is 5.21. The van der Waals surface area contributed by atoms with Gasteiger partial charge in [-0.2, -0.15) is 0 Å². The van der Waals surface area contributed by atoms with Crippen LogP contribution in [0, 0.1) is 13.8 Å². The predicted octanol–water partition coefficient (Wildman–Crippen LogP) is 4.76. The Morgan fingerprint density at radius 2 is 1.96 bits per heavy atom. The van der Waals surface area contributed by atoms with Crippen LogP contribution in [0.1, 0.15) is 35.7 Å². The molecule has 2 heterocycles. The second kappa shape index (κ2) is 7.80. The summed E-state index contributed by atoms with van der Waals surface area (Å²) in [6.07, 6.45) is 2.23. The molecular formula is C22H26N4OS. The zero-order valence-electron chi connectivity index (χ0n) is 16.6. The van der Waals surface area contributed by atoms with Crippen molar-refractivity contribution in [3.63, 3.8) is 0 Å². The summed E-state index contributed by atoms with van der Waals surface area (Å²) in [6.45, 7) is 6.12. The van der Waals surface area contributed by atoms with Crippen molar-refractivity contribution in [2.45, 2.75) is 32.6 Å². The molecule has 1 fully saturated rings. The number of fused-ring (bicyclic) bond motifs is 1. The molecule has 0 saturated carbocycles. The number of aryl methyl sites for hydroxylation is 2. The molecule has 1 aromatic heterocycles. The second-order valence-corrected chi connectivity index (χ2v) is 7.91. The number of thiocarbonyl (C=S) groups is 1. The van der Waals surface area contributed by atoms with E-state index in [0.717, 1.165) is 59.3 Å². The molecule has 0 spiro atoms. The van der Waals surface area contributed by atoms with E-state index >= 15 is 0 Å². The first-order valence-electron chi connectivity index (χ1n) is 9.70. The number of imidazole rings is 1. The third kappa shape index (κ3) is 3.83. The van der Waals surface area contributed by atoms with E-state index < -0.39 is 0 Å². The normalized spacial score (nSPS) is 17.0. The van der Waals surface area contributed by atoms with Crippen LogP contribution in [-0.2, 0) is 0 Å². The fraction of sp³-hybridized carbons (Fsp3) is 0.364. The van der Waals surface area contributed by atoms with Crippen molar-refractivity contribution >= 4 is 34.1 Å². The van der Waals surface area contributed by atoms with E-state index in [1.165, 1.54) is 11.1 Å². The standard InChI is InChI=1S/C22H26N4OS/c1-14-11-19-20(12-15(14)2)25-21(24-19)16-5-4-10-26(13-16)22(28)23-17-6-8-18(27-3)9-7-17/h6-9,11-12,16H,4-5,10,13H2,1-3H3,(H,23,28)(H,24,25)/t16-/m0/s1. The molecule has 0 radical (unpaired) electrons. The summed E-state index contributed by atoms with van der Waals surface area (Å²) in [4.78, 5) is 10.7. The van der Waals surface area contributed by atoms with Gasteiger partial charge in [-0.05, 0) is 86.4 Å². The second-order valence-electron chi connectivity index (χ2n) is 7.52. The Kier molecular flexibility index (Phi) is 5.22. The SMILES string of the molecule is COc1ccc(NC(=S)N2CCC[C@H](c3nc4cc(C)c(C)cc4[nH]3)C2)cc1. The summed E-state index contributed by atoms with van der Waals surface area (Å²) >= 11 is 5.67.